The van der Waals surface area contributed by atoms with Crippen LogP contribution in [0.15, 0.2) is 10.6 Å². The molecule has 0 amide bonds. The number of aromatic nitrogens is 1. The molecule has 3 rings (SSSR count). The zero-order valence-corrected chi connectivity index (χ0v) is 10.8. The Morgan fingerprint density at radius 1 is 1.33 bits per heavy atom. The molecule has 1 aromatic heterocycles. The van der Waals surface area contributed by atoms with Gasteiger partial charge < -0.3 is 10.3 Å². The third-order valence-electron chi connectivity index (χ3n) is 4.08. The summed E-state index contributed by atoms with van der Waals surface area (Å²) in [5, 5.41) is 3.95. The second-order valence-electron chi connectivity index (χ2n) is 5.41. The maximum absolute atomic E-state index is 5.55. The van der Waals surface area contributed by atoms with Crippen molar-refractivity contribution in [3.63, 3.8) is 0 Å². The molecule has 0 aromatic carbocycles. The summed E-state index contributed by atoms with van der Waals surface area (Å²) in [6, 6.07) is 2.74. The molecule has 2 saturated heterocycles. The Morgan fingerprint density at radius 2 is 2.22 bits per heavy atom. The van der Waals surface area contributed by atoms with E-state index in [-0.39, 0.29) is 0 Å². The summed E-state index contributed by atoms with van der Waals surface area (Å²) in [7, 11) is 0. The van der Waals surface area contributed by atoms with Crippen molar-refractivity contribution in [3.8, 4) is 0 Å². The van der Waals surface area contributed by atoms with Crippen LogP contribution in [0.2, 0.25) is 0 Å². The first-order valence-corrected chi connectivity index (χ1v) is 6.96. The normalized spacial score (nSPS) is 26.2. The maximum atomic E-state index is 5.55. The number of fused-ring (bicyclic) bond motifs is 1. The number of nitrogens with zero attached hydrogens (tertiary/aromatic N) is 3. The monoisotopic (exact) mass is 250 g/mol. The van der Waals surface area contributed by atoms with E-state index in [4.69, 9.17) is 10.3 Å². The van der Waals surface area contributed by atoms with Gasteiger partial charge in [-0.2, -0.15) is 0 Å². The molecule has 2 fully saturated rings. The smallest absolute Gasteiger partial charge is 0.151 e. The van der Waals surface area contributed by atoms with Crippen molar-refractivity contribution >= 4 is 0 Å². The molecule has 2 aliphatic heterocycles. The standard InChI is InChI=1S/C13H22N4O/c14-8-11-7-13(18-15-11)10-16-4-2-6-17-5-1-3-12(17)9-16/h7,12H,1-6,8-10,14H2. The Bertz CT molecular complexity index is 392. The van der Waals surface area contributed by atoms with Crippen molar-refractivity contribution in [3.05, 3.63) is 17.5 Å². The molecule has 0 radical (unpaired) electrons. The summed E-state index contributed by atoms with van der Waals surface area (Å²) < 4.78 is 5.33. The molecule has 0 bridgehead atoms. The lowest BCUT2D eigenvalue weighted by molar-refractivity contribution is 0.199. The van der Waals surface area contributed by atoms with Crippen LogP contribution in [0.1, 0.15) is 30.7 Å². The summed E-state index contributed by atoms with van der Waals surface area (Å²) in [4.78, 5) is 5.14. The lowest BCUT2D eigenvalue weighted by Crippen LogP contribution is -2.36. The van der Waals surface area contributed by atoms with Crippen LogP contribution >= 0.6 is 0 Å². The van der Waals surface area contributed by atoms with Crippen molar-refractivity contribution in [1.82, 2.24) is 15.0 Å². The highest BCUT2D eigenvalue weighted by molar-refractivity contribution is 5.05. The van der Waals surface area contributed by atoms with Gasteiger partial charge in [0.15, 0.2) is 5.76 Å². The van der Waals surface area contributed by atoms with Crippen LogP contribution in [-0.2, 0) is 13.1 Å². The average molecular weight is 250 g/mol. The highest BCUT2D eigenvalue weighted by atomic mass is 16.5. The van der Waals surface area contributed by atoms with E-state index in [0.29, 0.717) is 6.54 Å². The van der Waals surface area contributed by atoms with Crippen molar-refractivity contribution in [2.75, 3.05) is 26.2 Å². The molecule has 18 heavy (non-hydrogen) atoms. The maximum Gasteiger partial charge on any atom is 0.151 e. The van der Waals surface area contributed by atoms with Gasteiger partial charge in [0.05, 0.1) is 12.2 Å². The molecular formula is C13H22N4O. The van der Waals surface area contributed by atoms with Gasteiger partial charge in [0.1, 0.15) is 0 Å². The van der Waals surface area contributed by atoms with E-state index < -0.39 is 0 Å². The Labute approximate surface area is 108 Å². The quantitative estimate of drug-likeness (QED) is 0.860. The van der Waals surface area contributed by atoms with Crippen LogP contribution in [0.4, 0.5) is 0 Å². The number of nitrogens with two attached hydrogens (primary N) is 1. The third-order valence-corrected chi connectivity index (χ3v) is 4.08. The summed E-state index contributed by atoms with van der Waals surface area (Å²) in [6.07, 6.45) is 3.97. The first-order valence-electron chi connectivity index (χ1n) is 6.96. The van der Waals surface area contributed by atoms with Crippen LogP contribution in [0.3, 0.4) is 0 Å². The fourth-order valence-corrected chi connectivity index (χ4v) is 3.17. The van der Waals surface area contributed by atoms with E-state index in [1.54, 1.807) is 0 Å². The van der Waals surface area contributed by atoms with Gasteiger partial charge in [0.2, 0.25) is 0 Å². The molecule has 2 N–H and O–H groups in total. The molecule has 0 spiro atoms. The Morgan fingerprint density at radius 3 is 3.06 bits per heavy atom. The van der Waals surface area contributed by atoms with Crippen LogP contribution < -0.4 is 5.73 Å². The van der Waals surface area contributed by atoms with Gasteiger partial charge in [-0.3, -0.25) is 9.80 Å². The minimum Gasteiger partial charge on any atom is -0.360 e. The molecular weight excluding hydrogens is 228 g/mol. The number of rotatable bonds is 3. The predicted octanol–water partition coefficient (Wildman–Crippen LogP) is 0.803. The lowest BCUT2D eigenvalue weighted by atomic mass is 10.2. The van der Waals surface area contributed by atoms with Crippen molar-refractivity contribution in [2.24, 2.45) is 5.73 Å². The van der Waals surface area contributed by atoms with Gasteiger partial charge in [-0.25, -0.2) is 0 Å². The predicted molar refractivity (Wildman–Crippen MR) is 68.9 cm³/mol. The zero-order chi connectivity index (χ0) is 12.4. The minimum atomic E-state index is 0.458. The lowest BCUT2D eigenvalue weighted by Gasteiger charge is -2.24. The molecule has 0 saturated carbocycles. The van der Waals surface area contributed by atoms with Gasteiger partial charge in [-0.15, -0.1) is 0 Å². The van der Waals surface area contributed by atoms with E-state index in [1.165, 1.54) is 38.9 Å². The van der Waals surface area contributed by atoms with E-state index in [2.05, 4.69) is 15.0 Å². The largest absolute Gasteiger partial charge is 0.360 e. The highest BCUT2D eigenvalue weighted by Crippen LogP contribution is 2.22. The summed E-state index contributed by atoms with van der Waals surface area (Å²) in [5.41, 5.74) is 6.40. The van der Waals surface area contributed by atoms with E-state index in [0.717, 1.165) is 30.6 Å². The van der Waals surface area contributed by atoms with Crippen molar-refractivity contribution in [2.45, 2.75) is 38.4 Å². The van der Waals surface area contributed by atoms with Crippen LogP contribution in [0, 0.1) is 0 Å². The molecule has 5 nitrogen and oxygen atoms in total. The molecule has 3 heterocycles. The molecule has 1 aromatic rings. The SMILES string of the molecule is NCc1cc(CN2CCCN3CCCC3C2)on1. The van der Waals surface area contributed by atoms with Gasteiger partial charge >= 0.3 is 0 Å². The Hall–Kier alpha value is -0.910. The number of hydrogen-bond acceptors (Lipinski definition) is 5. The van der Waals surface area contributed by atoms with Crippen LogP contribution in [0.25, 0.3) is 0 Å². The molecule has 100 valence electrons. The highest BCUT2D eigenvalue weighted by Gasteiger charge is 2.28. The van der Waals surface area contributed by atoms with Crippen molar-refractivity contribution in [1.29, 1.82) is 0 Å². The minimum absolute atomic E-state index is 0.458. The number of hydrogen-bond donors (Lipinski definition) is 1. The van der Waals surface area contributed by atoms with Gasteiger partial charge in [-0.05, 0) is 38.9 Å². The summed E-state index contributed by atoms with van der Waals surface area (Å²) in [6.45, 7) is 6.20. The Balaban J connectivity index is 1.61. The Kier molecular flexibility index (Phi) is 3.63. The topological polar surface area (TPSA) is 58.5 Å². The van der Waals surface area contributed by atoms with Crippen LogP contribution in [0.5, 0.6) is 0 Å². The zero-order valence-electron chi connectivity index (χ0n) is 10.8. The summed E-state index contributed by atoms with van der Waals surface area (Å²) >= 11 is 0. The summed E-state index contributed by atoms with van der Waals surface area (Å²) in [5.74, 6) is 0.946. The average Bonchev–Trinajstić information content (AvgIpc) is 2.96. The van der Waals surface area contributed by atoms with Crippen LogP contribution in [-0.4, -0.2) is 47.2 Å². The van der Waals surface area contributed by atoms with Crippen molar-refractivity contribution < 1.29 is 4.52 Å². The molecule has 2 aliphatic rings. The van der Waals surface area contributed by atoms with E-state index in [1.807, 2.05) is 6.07 Å². The fourth-order valence-electron chi connectivity index (χ4n) is 3.17. The molecule has 1 atom stereocenters. The third kappa shape index (κ3) is 2.58. The van der Waals surface area contributed by atoms with Gasteiger partial charge in [-0.1, -0.05) is 5.16 Å². The second kappa shape index (κ2) is 5.38. The van der Waals surface area contributed by atoms with Gasteiger partial charge in [0, 0.05) is 25.2 Å². The fraction of sp³-hybridized carbons (Fsp3) is 0.769. The van der Waals surface area contributed by atoms with E-state index >= 15 is 0 Å². The van der Waals surface area contributed by atoms with Gasteiger partial charge in [0.25, 0.3) is 0 Å². The molecule has 0 aliphatic carbocycles. The van der Waals surface area contributed by atoms with E-state index in [9.17, 15) is 0 Å². The first kappa shape index (κ1) is 12.1. The molecule has 5 heteroatoms. The second-order valence-corrected chi connectivity index (χ2v) is 5.41. The molecule has 1 unspecified atom stereocenters. The first-order chi connectivity index (χ1) is 8.85.